The van der Waals surface area contributed by atoms with Gasteiger partial charge in [0, 0.05) is 25.2 Å². The molecule has 5 nitrogen and oxygen atoms in total. The minimum Gasteiger partial charge on any atom is -0.329 e. The Morgan fingerprint density at radius 2 is 1.82 bits per heavy atom. The van der Waals surface area contributed by atoms with E-state index < -0.39 is 15.7 Å². The molecule has 0 aromatic carbocycles. The topological polar surface area (TPSA) is 75.4 Å². The van der Waals surface area contributed by atoms with E-state index in [0.29, 0.717) is 19.6 Å². The van der Waals surface area contributed by atoms with Crippen LogP contribution in [-0.4, -0.2) is 37.9 Å². The van der Waals surface area contributed by atoms with Crippen LogP contribution in [0.5, 0.6) is 0 Å². The second-order valence-corrected chi connectivity index (χ2v) is 7.01. The van der Waals surface area contributed by atoms with Gasteiger partial charge in [0.2, 0.25) is 0 Å². The van der Waals surface area contributed by atoms with Crippen molar-refractivity contribution in [3.63, 3.8) is 0 Å². The first-order valence-electron chi connectivity index (χ1n) is 6.31. The van der Waals surface area contributed by atoms with Gasteiger partial charge >= 0.3 is 0 Å². The van der Waals surface area contributed by atoms with Gasteiger partial charge in [0.25, 0.3) is 10.2 Å². The summed E-state index contributed by atoms with van der Waals surface area (Å²) < 4.78 is 28.7. The Morgan fingerprint density at radius 3 is 2.24 bits per heavy atom. The lowest BCUT2D eigenvalue weighted by atomic mass is 9.90. The van der Waals surface area contributed by atoms with Gasteiger partial charge in [0.05, 0.1) is 0 Å². The van der Waals surface area contributed by atoms with Crippen LogP contribution in [0.3, 0.4) is 0 Å². The van der Waals surface area contributed by atoms with Crippen LogP contribution in [0, 0.1) is 5.92 Å². The van der Waals surface area contributed by atoms with Gasteiger partial charge in [0.15, 0.2) is 0 Å². The van der Waals surface area contributed by atoms with E-state index >= 15 is 0 Å². The molecule has 1 heterocycles. The zero-order valence-corrected chi connectivity index (χ0v) is 11.9. The maximum absolute atomic E-state index is 12.2. The molecule has 3 N–H and O–H groups in total. The lowest BCUT2D eigenvalue weighted by molar-refractivity contribution is 0.288. The zero-order chi connectivity index (χ0) is 13.1. The van der Waals surface area contributed by atoms with Crippen molar-refractivity contribution in [1.29, 1.82) is 0 Å². The van der Waals surface area contributed by atoms with E-state index in [2.05, 4.69) is 4.72 Å². The van der Waals surface area contributed by atoms with E-state index in [9.17, 15) is 8.42 Å². The van der Waals surface area contributed by atoms with Crippen molar-refractivity contribution in [2.75, 3.05) is 19.6 Å². The highest BCUT2D eigenvalue weighted by molar-refractivity contribution is 7.87. The molecule has 102 valence electrons. The normalized spacial score (nSPS) is 22.6. The highest BCUT2D eigenvalue weighted by Gasteiger charge is 2.34. The van der Waals surface area contributed by atoms with Crippen LogP contribution in [0.4, 0.5) is 0 Å². The standard InChI is InChI=1S/C11H25N3O2S/c1-10(2)11(3,9-12)13-17(15,16)14-7-5-4-6-8-14/h10,13H,4-9,12H2,1-3H3. The molecule has 0 aliphatic carbocycles. The Balaban J connectivity index is 2.77. The van der Waals surface area contributed by atoms with Crippen molar-refractivity contribution in [3.05, 3.63) is 0 Å². The first-order valence-corrected chi connectivity index (χ1v) is 7.75. The molecule has 0 aromatic heterocycles. The van der Waals surface area contributed by atoms with Crippen molar-refractivity contribution >= 4 is 10.2 Å². The van der Waals surface area contributed by atoms with E-state index in [1.54, 1.807) is 0 Å². The number of nitrogens with one attached hydrogen (secondary N) is 1. The highest BCUT2D eigenvalue weighted by atomic mass is 32.2. The molecule has 1 fully saturated rings. The van der Waals surface area contributed by atoms with Crippen LogP contribution in [0.15, 0.2) is 0 Å². The highest BCUT2D eigenvalue weighted by Crippen LogP contribution is 2.19. The molecule has 1 aliphatic rings. The summed E-state index contributed by atoms with van der Waals surface area (Å²) in [6.07, 6.45) is 3.01. The number of rotatable bonds is 5. The fourth-order valence-electron chi connectivity index (χ4n) is 1.86. The average Bonchev–Trinajstić information content (AvgIpc) is 2.29. The molecule has 1 atom stereocenters. The third kappa shape index (κ3) is 3.64. The summed E-state index contributed by atoms with van der Waals surface area (Å²) in [7, 11) is -3.39. The Hall–Kier alpha value is -0.170. The van der Waals surface area contributed by atoms with Gasteiger partial charge in [-0.2, -0.15) is 17.4 Å². The molecule has 1 rings (SSSR count). The van der Waals surface area contributed by atoms with Gasteiger partial charge in [-0.05, 0) is 25.7 Å². The molecular weight excluding hydrogens is 238 g/mol. The molecule has 0 radical (unpaired) electrons. The molecule has 1 aliphatic heterocycles. The van der Waals surface area contributed by atoms with Gasteiger partial charge in [-0.15, -0.1) is 0 Å². The number of piperidine rings is 1. The van der Waals surface area contributed by atoms with E-state index in [4.69, 9.17) is 5.73 Å². The number of nitrogens with zero attached hydrogens (tertiary/aromatic N) is 1. The fourth-order valence-corrected chi connectivity index (χ4v) is 3.64. The number of nitrogens with two attached hydrogens (primary N) is 1. The Morgan fingerprint density at radius 1 is 1.29 bits per heavy atom. The van der Waals surface area contributed by atoms with Gasteiger partial charge in [0.1, 0.15) is 0 Å². The quantitative estimate of drug-likeness (QED) is 0.766. The van der Waals surface area contributed by atoms with Gasteiger partial charge < -0.3 is 5.73 Å². The third-order valence-electron chi connectivity index (χ3n) is 3.72. The van der Waals surface area contributed by atoms with Gasteiger partial charge in [-0.25, -0.2) is 0 Å². The predicted octanol–water partition coefficient (Wildman–Crippen LogP) is 0.680. The van der Waals surface area contributed by atoms with Crippen molar-refractivity contribution in [2.24, 2.45) is 11.7 Å². The summed E-state index contributed by atoms with van der Waals surface area (Å²) in [4.78, 5) is 0. The molecule has 17 heavy (non-hydrogen) atoms. The minimum absolute atomic E-state index is 0.159. The number of hydrogen-bond acceptors (Lipinski definition) is 3. The summed E-state index contributed by atoms with van der Waals surface area (Å²) >= 11 is 0. The lowest BCUT2D eigenvalue weighted by Crippen LogP contribution is -2.58. The minimum atomic E-state index is -3.39. The van der Waals surface area contributed by atoms with E-state index in [-0.39, 0.29) is 5.92 Å². The Labute approximate surface area is 105 Å². The second kappa shape index (κ2) is 5.65. The van der Waals surface area contributed by atoms with Crippen LogP contribution in [0.25, 0.3) is 0 Å². The van der Waals surface area contributed by atoms with Crippen LogP contribution < -0.4 is 10.5 Å². The van der Waals surface area contributed by atoms with E-state index in [0.717, 1.165) is 19.3 Å². The fraction of sp³-hybridized carbons (Fsp3) is 1.00. The summed E-state index contributed by atoms with van der Waals surface area (Å²) in [6, 6.07) is 0. The molecular formula is C11H25N3O2S. The van der Waals surface area contributed by atoms with Crippen LogP contribution in [-0.2, 0) is 10.2 Å². The molecule has 0 saturated carbocycles. The van der Waals surface area contributed by atoms with Crippen LogP contribution in [0.1, 0.15) is 40.0 Å². The number of hydrogen-bond donors (Lipinski definition) is 2. The van der Waals surface area contributed by atoms with Crippen molar-refractivity contribution in [3.8, 4) is 0 Å². The summed E-state index contributed by atoms with van der Waals surface area (Å²) in [5.41, 5.74) is 5.13. The molecule has 0 aromatic rings. The summed E-state index contributed by atoms with van der Waals surface area (Å²) in [5, 5.41) is 0. The maximum Gasteiger partial charge on any atom is 0.279 e. The monoisotopic (exact) mass is 263 g/mol. The average molecular weight is 263 g/mol. The van der Waals surface area contributed by atoms with Gasteiger partial charge in [-0.1, -0.05) is 20.3 Å². The molecule has 6 heteroatoms. The molecule has 1 unspecified atom stereocenters. The van der Waals surface area contributed by atoms with Gasteiger partial charge in [-0.3, -0.25) is 0 Å². The summed E-state index contributed by atoms with van der Waals surface area (Å²) in [5.74, 6) is 0.159. The molecule has 1 saturated heterocycles. The van der Waals surface area contributed by atoms with E-state index in [1.807, 2.05) is 20.8 Å². The summed E-state index contributed by atoms with van der Waals surface area (Å²) in [6.45, 7) is 7.36. The second-order valence-electron chi connectivity index (χ2n) is 5.34. The first-order chi connectivity index (χ1) is 7.82. The van der Waals surface area contributed by atoms with Crippen molar-refractivity contribution in [2.45, 2.75) is 45.6 Å². The smallest absolute Gasteiger partial charge is 0.279 e. The first kappa shape index (κ1) is 14.9. The van der Waals surface area contributed by atoms with E-state index in [1.165, 1.54) is 4.31 Å². The third-order valence-corrected chi connectivity index (χ3v) is 5.48. The predicted molar refractivity (Wildman–Crippen MR) is 69.8 cm³/mol. The zero-order valence-electron chi connectivity index (χ0n) is 11.1. The van der Waals surface area contributed by atoms with Crippen LogP contribution in [0.2, 0.25) is 0 Å². The Kier molecular flexibility index (Phi) is 4.95. The molecule has 0 bridgehead atoms. The molecule has 0 spiro atoms. The van der Waals surface area contributed by atoms with Crippen molar-refractivity contribution in [1.82, 2.24) is 9.03 Å². The molecule has 0 amide bonds. The van der Waals surface area contributed by atoms with Crippen LogP contribution >= 0.6 is 0 Å². The van der Waals surface area contributed by atoms with Crippen molar-refractivity contribution < 1.29 is 8.42 Å². The maximum atomic E-state index is 12.2. The lowest BCUT2D eigenvalue weighted by Gasteiger charge is -2.36. The Bertz CT molecular complexity index is 337. The SMILES string of the molecule is CC(C)C(C)(CN)NS(=O)(=O)N1CCCCC1. The largest absolute Gasteiger partial charge is 0.329 e.